The zero-order chi connectivity index (χ0) is 17.3. The number of piperidine rings is 2. The molecule has 7 nitrogen and oxygen atoms in total. The number of aromatic nitrogens is 2. The standard InChI is InChI=1S/C18H26N4O3/c1-14-3-2-8-22(13-14)17-19-7-4-15(20-17)16(23)21-9-5-18(6-10-21)24-11-12-25-18/h4,7,14H,2-3,5-6,8-13H2,1H3. The molecule has 25 heavy (non-hydrogen) atoms. The zero-order valence-electron chi connectivity index (χ0n) is 14.8. The van der Waals surface area contributed by atoms with E-state index in [1.807, 2.05) is 4.90 Å². The minimum absolute atomic E-state index is 0.0263. The number of carbonyl (C=O) groups is 1. The van der Waals surface area contributed by atoms with Gasteiger partial charge in [-0.15, -0.1) is 0 Å². The van der Waals surface area contributed by atoms with Crippen molar-refractivity contribution < 1.29 is 14.3 Å². The SMILES string of the molecule is CC1CCCN(c2nccc(C(=O)N3CCC4(CC3)OCCO4)n2)C1. The molecule has 3 saturated heterocycles. The molecule has 3 aliphatic heterocycles. The summed E-state index contributed by atoms with van der Waals surface area (Å²) in [6.45, 7) is 6.74. The molecule has 3 fully saturated rings. The van der Waals surface area contributed by atoms with Gasteiger partial charge in [-0.1, -0.05) is 6.92 Å². The molecule has 3 aliphatic rings. The van der Waals surface area contributed by atoms with Crippen LogP contribution in [0.25, 0.3) is 0 Å². The minimum atomic E-state index is -0.461. The number of hydrogen-bond donors (Lipinski definition) is 0. The average molecular weight is 346 g/mol. The van der Waals surface area contributed by atoms with Crippen molar-refractivity contribution in [1.29, 1.82) is 0 Å². The van der Waals surface area contributed by atoms with Gasteiger partial charge in [-0.3, -0.25) is 4.79 Å². The molecule has 0 radical (unpaired) electrons. The smallest absolute Gasteiger partial charge is 0.272 e. The van der Waals surface area contributed by atoms with Crippen LogP contribution in [0.2, 0.25) is 0 Å². The van der Waals surface area contributed by atoms with Gasteiger partial charge in [-0.2, -0.15) is 0 Å². The fourth-order valence-corrected chi connectivity index (χ4v) is 3.99. The summed E-state index contributed by atoms with van der Waals surface area (Å²) >= 11 is 0. The van der Waals surface area contributed by atoms with E-state index in [0.717, 1.165) is 32.4 Å². The topological polar surface area (TPSA) is 67.8 Å². The van der Waals surface area contributed by atoms with E-state index < -0.39 is 5.79 Å². The molecule has 1 unspecified atom stereocenters. The van der Waals surface area contributed by atoms with Crippen molar-refractivity contribution >= 4 is 11.9 Å². The minimum Gasteiger partial charge on any atom is -0.347 e. The molecule has 1 aromatic rings. The molecular formula is C18H26N4O3. The van der Waals surface area contributed by atoms with Gasteiger partial charge in [0.2, 0.25) is 5.95 Å². The third kappa shape index (κ3) is 3.48. The van der Waals surface area contributed by atoms with Gasteiger partial charge in [0.1, 0.15) is 5.69 Å². The Labute approximate surface area is 148 Å². The van der Waals surface area contributed by atoms with Crippen molar-refractivity contribution in [3.05, 3.63) is 18.0 Å². The molecule has 1 aromatic heterocycles. The van der Waals surface area contributed by atoms with Crippen molar-refractivity contribution in [2.24, 2.45) is 5.92 Å². The van der Waals surface area contributed by atoms with E-state index in [1.165, 1.54) is 6.42 Å². The predicted molar refractivity (Wildman–Crippen MR) is 92.4 cm³/mol. The van der Waals surface area contributed by atoms with E-state index in [-0.39, 0.29) is 5.91 Å². The third-order valence-corrected chi connectivity index (χ3v) is 5.43. The van der Waals surface area contributed by atoms with Gasteiger partial charge < -0.3 is 19.3 Å². The van der Waals surface area contributed by atoms with Crippen LogP contribution in [0.5, 0.6) is 0 Å². The van der Waals surface area contributed by atoms with Crippen LogP contribution in [0, 0.1) is 5.92 Å². The van der Waals surface area contributed by atoms with Crippen molar-refractivity contribution in [2.75, 3.05) is 44.3 Å². The molecule has 0 saturated carbocycles. The highest BCUT2D eigenvalue weighted by molar-refractivity contribution is 5.92. The summed E-state index contributed by atoms with van der Waals surface area (Å²) in [6.07, 6.45) is 5.54. The van der Waals surface area contributed by atoms with E-state index >= 15 is 0 Å². The van der Waals surface area contributed by atoms with E-state index in [1.54, 1.807) is 12.3 Å². The fourth-order valence-electron chi connectivity index (χ4n) is 3.99. The number of nitrogens with zero attached hydrogens (tertiary/aromatic N) is 4. The maximum atomic E-state index is 12.8. The van der Waals surface area contributed by atoms with Gasteiger partial charge in [-0.25, -0.2) is 9.97 Å². The summed E-state index contributed by atoms with van der Waals surface area (Å²) in [5, 5.41) is 0. The van der Waals surface area contributed by atoms with Crippen LogP contribution >= 0.6 is 0 Å². The average Bonchev–Trinajstić information content (AvgIpc) is 3.10. The zero-order valence-corrected chi connectivity index (χ0v) is 14.8. The number of rotatable bonds is 2. The fraction of sp³-hybridized carbons (Fsp3) is 0.722. The van der Waals surface area contributed by atoms with Crippen LogP contribution in [0.3, 0.4) is 0 Å². The molecule has 136 valence electrons. The van der Waals surface area contributed by atoms with Crippen LogP contribution in [0.15, 0.2) is 12.3 Å². The Morgan fingerprint density at radius 3 is 2.72 bits per heavy atom. The second-order valence-corrected chi connectivity index (χ2v) is 7.34. The van der Waals surface area contributed by atoms with Crippen LogP contribution in [0.4, 0.5) is 5.95 Å². The molecule has 0 N–H and O–H groups in total. The Bertz CT molecular complexity index is 623. The molecule has 0 bridgehead atoms. The second kappa shape index (κ2) is 6.88. The first-order valence-corrected chi connectivity index (χ1v) is 9.30. The Hall–Kier alpha value is -1.73. The quantitative estimate of drug-likeness (QED) is 0.812. The molecule has 1 amide bonds. The number of anilines is 1. The third-order valence-electron chi connectivity index (χ3n) is 5.43. The lowest BCUT2D eigenvalue weighted by atomic mass is 10.0. The van der Waals surface area contributed by atoms with Crippen LogP contribution in [-0.2, 0) is 9.47 Å². The molecule has 4 heterocycles. The van der Waals surface area contributed by atoms with Gasteiger partial charge in [0.25, 0.3) is 5.91 Å². The second-order valence-electron chi connectivity index (χ2n) is 7.34. The monoisotopic (exact) mass is 346 g/mol. The molecule has 1 spiro atoms. The molecule has 7 heteroatoms. The van der Waals surface area contributed by atoms with Crippen LogP contribution in [-0.4, -0.2) is 66.0 Å². The van der Waals surface area contributed by atoms with Gasteiger partial charge in [-0.05, 0) is 24.8 Å². The lowest BCUT2D eigenvalue weighted by molar-refractivity contribution is -0.181. The van der Waals surface area contributed by atoms with E-state index in [4.69, 9.17) is 9.47 Å². The first kappa shape index (κ1) is 16.7. The molecule has 0 aliphatic carbocycles. The highest BCUT2D eigenvalue weighted by Crippen LogP contribution is 2.31. The summed E-state index contributed by atoms with van der Waals surface area (Å²) in [4.78, 5) is 25.8. The Kier molecular flexibility index (Phi) is 4.60. The Balaban J connectivity index is 1.43. The summed E-state index contributed by atoms with van der Waals surface area (Å²) < 4.78 is 11.5. The number of ether oxygens (including phenoxy) is 2. The van der Waals surface area contributed by atoms with E-state index in [9.17, 15) is 4.79 Å². The van der Waals surface area contributed by atoms with Crippen LogP contribution in [0.1, 0.15) is 43.1 Å². The highest BCUT2D eigenvalue weighted by atomic mass is 16.7. The molecular weight excluding hydrogens is 320 g/mol. The highest BCUT2D eigenvalue weighted by Gasteiger charge is 2.41. The van der Waals surface area contributed by atoms with Crippen LogP contribution < -0.4 is 4.90 Å². The lowest BCUT2D eigenvalue weighted by Gasteiger charge is -2.37. The summed E-state index contributed by atoms with van der Waals surface area (Å²) in [7, 11) is 0. The van der Waals surface area contributed by atoms with Crippen molar-refractivity contribution in [1.82, 2.24) is 14.9 Å². The van der Waals surface area contributed by atoms with E-state index in [0.29, 0.717) is 43.9 Å². The lowest BCUT2D eigenvalue weighted by Crippen LogP contribution is -2.47. The number of likely N-dealkylation sites (tertiary alicyclic amines) is 1. The summed E-state index contributed by atoms with van der Waals surface area (Å²) in [5.41, 5.74) is 0.479. The molecule has 4 rings (SSSR count). The molecule has 1 atom stereocenters. The van der Waals surface area contributed by atoms with Crippen molar-refractivity contribution in [3.63, 3.8) is 0 Å². The number of hydrogen-bond acceptors (Lipinski definition) is 6. The predicted octanol–water partition coefficient (Wildman–Crippen LogP) is 1.69. The maximum Gasteiger partial charge on any atom is 0.272 e. The first-order valence-electron chi connectivity index (χ1n) is 9.30. The number of amides is 1. The normalized spacial score (nSPS) is 26.2. The largest absolute Gasteiger partial charge is 0.347 e. The van der Waals surface area contributed by atoms with Crippen molar-refractivity contribution in [3.8, 4) is 0 Å². The summed E-state index contributed by atoms with van der Waals surface area (Å²) in [5.74, 6) is 0.827. The molecule has 0 aromatic carbocycles. The van der Waals surface area contributed by atoms with E-state index in [2.05, 4.69) is 21.8 Å². The Morgan fingerprint density at radius 1 is 1.24 bits per heavy atom. The van der Waals surface area contributed by atoms with Crippen molar-refractivity contribution in [2.45, 2.75) is 38.4 Å². The first-order chi connectivity index (χ1) is 12.2. The van der Waals surface area contributed by atoms with Gasteiger partial charge in [0.15, 0.2) is 5.79 Å². The van der Waals surface area contributed by atoms with Gasteiger partial charge in [0.05, 0.1) is 13.2 Å². The number of carbonyl (C=O) groups excluding carboxylic acids is 1. The maximum absolute atomic E-state index is 12.8. The van der Waals surface area contributed by atoms with Gasteiger partial charge >= 0.3 is 0 Å². The Morgan fingerprint density at radius 2 is 2.00 bits per heavy atom. The summed E-state index contributed by atoms with van der Waals surface area (Å²) in [6, 6.07) is 1.71. The van der Waals surface area contributed by atoms with Gasteiger partial charge in [0, 0.05) is 45.2 Å².